The Labute approximate surface area is 108 Å². The summed E-state index contributed by atoms with van der Waals surface area (Å²) in [5.74, 6) is -1.54. The maximum Gasteiger partial charge on any atom is 0.332 e. The number of likely N-dealkylation sites (N-methyl/N-ethyl adjacent to an activating group) is 1. The topological polar surface area (TPSA) is 120 Å². The van der Waals surface area contributed by atoms with E-state index in [1.165, 1.54) is 11.9 Å². The van der Waals surface area contributed by atoms with Gasteiger partial charge in [0.05, 0.1) is 11.8 Å². The van der Waals surface area contributed by atoms with E-state index in [2.05, 4.69) is 15.8 Å². The van der Waals surface area contributed by atoms with Gasteiger partial charge in [-0.25, -0.2) is 9.59 Å². The van der Waals surface area contributed by atoms with Crippen LogP contribution in [0.25, 0.3) is 0 Å². The molecule has 2 bridgehead atoms. The summed E-state index contributed by atoms with van der Waals surface area (Å²) in [4.78, 5) is 39.7. The number of piperidine rings is 1. The first-order valence-electron chi connectivity index (χ1n) is 5.72. The summed E-state index contributed by atoms with van der Waals surface area (Å²) in [6, 6.07) is -1.72. The first-order valence-corrected chi connectivity index (χ1v) is 5.72. The molecule has 0 aromatic heterocycles. The third kappa shape index (κ3) is 2.59. The molecule has 0 spiro atoms. The molecule has 19 heavy (non-hydrogen) atoms. The molecular weight excluding hydrogens is 256 g/mol. The van der Waals surface area contributed by atoms with Crippen molar-refractivity contribution in [3.63, 3.8) is 0 Å². The fraction of sp³-hybridized carbons (Fsp3) is 0.600. The van der Waals surface area contributed by atoms with Crippen LogP contribution in [0.1, 0.15) is 6.42 Å². The van der Waals surface area contributed by atoms with E-state index in [-0.39, 0.29) is 24.3 Å². The maximum atomic E-state index is 11.5. The Bertz CT molecular complexity index is 449. The van der Waals surface area contributed by atoms with E-state index in [0.717, 1.165) is 0 Å². The number of hydrogen-bond donors (Lipinski definition) is 3. The molecule has 2 saturated heterocycles. The Morgan fingerprint density at radius 2 is 2.37 bits per heavy atom. The van der Waals surface area contributed by atoms with Gasteiger partial charge in [-0.2, -0.15) is 0 Å². The number of aliphatic carboxylic acids is 1. The molecule has 0 aromatic carbocycles. The van der Waals surface area contributed by atoms with Crippen molar-refractivity contribution in [3.8, 4) is 0 Å². The highest BCUT2D eigenvalue weighted by molar-refractivity contribution is 6.09. The summed E-state index contributed by atoms with van der Waals surface area (Å²) in [5.41, 5.74) is 0.228. The molecule has 2 aliphatic heterocycles. The zero-order chi connectivity index (χ0) is 14.0. The lowest BCUT2D eigenvalue weighted by molar-refractivity contribution is -0.139. The predicted molar refractivity (Wildman–Crippen MR) is 62.5 cm³/mol. The van der Waals surface area contributed by atoms with Gasteiger partial charge >= 0.3 is 12.0 Å². The van der Waals surface area contributed by atoms with Gasteiger partial charge < -0.3 is 25.5 Å². The van der Waals surface area contributed by atoms with Crippen LogP contribution in [0.2, 0.25) is 0 Å². The molecule has 2 rings (SSSR count). The van der Waals surface area contributed by atoms with Gasteiger partial charge in [0.25, 0.3) is 5.91 Å². The van der Waals surface area contributed by atoms with Crippen LogP contribution < -0.4 is 10.6 Å². The second-order valence-electron chi connectivity index (χ2n) is 4.27. The Morgan fingerprint density at radius 1 is 1.63 bits per heavy atom. The summed E-state index contributed by atoms with van der Waals surface area (Å²) in [6.07, 6.45) is 0.299. The largest absolute Gasteiger partial charge is 0.479 e. The van der Waals surface area contributed by atoms with E-state index < -0.39 is 18.0 Å². The van der Waals surface area contributed by atoms with Crippen molar-refractivity contribution >= 4 is 23.6 Å². The van der Waals surface area contributed by atoms with E-state index >= 15 is 0 Å². The van der Waals surface area contributed by atoms with Crippen molar-refractivity contribution in [1.29, 1.82) is 0 Å². The van der Waals surface area contributed by atoms with Gasteiger partial charge in [-0.05, 0) is 0 Å². The molecule has 0 aromatic rings. The van der Waals surface area contributed by atoms with E-state index in [0.29, 0.717) is 13.0 Å². The minimum Gasteiger partial charge on any atom is -0.479 e. The fourth-order valence-corrected chi connectivity index (χ4v) is 2.11. The van der Waals surface area contributed by atoms with Crippen molar-refractivity contribution < 1.29 is 24.3 Å². The Kier molecular flexibility index (Phi) is 3.54. The van der Waals surface area contributed by atoms with Gasteiger partial charge in [0.15, 0.2) is 12.6 Å². The third-order valence-corrected chi connectivity index (χ3v) is 2.98. The van der Waals surface area contributed by atoms with Crippen molar-refractivity contribution in [2.24, 2.45) is 5.16 Å². The minimum atomic E-state index is -1.17. The number of oxime groups is 1. The SMILES string of the molecule is CNC(=O)CON=C1CC2CN(C(=O)N2)C1C(=O)O. The Hall–Kier alpha value is -2.32. The van der Waals surface area contributed by atoms with Gasteiger partial charge in [0.2, 0.25) is 0 Å². The average molecular weight is 270 g/mol. The highest BCUT2D eigenvalue weighted by Gasteiger charge is 2.46. The number of carboxylic acids is 1. The number of fused-ring (bicyclic) bond motifs is 2. The molecule has 9 nitrogen and oxygen atoms in total. The monoisotopic (exact) mass is 270 g/mol. The molecule has 0 radical (unpaired) electrons. The third-order valence-electron chi connectivity index (χ3n) is 2.98. The van der Waals surface area contributed by atoms with E-state index in [1.807, 2.05) is 0 Å². The quantitative estimate of drug-likeness (QED) is 0.529. The number of nitrogens with zero attached hydrogens (tertiary/aromatic N) is 2. The summed E-state index contributed by atoms with van der Waals surface area (Å²) >= 11 is 0. The molecule has 2 heterocycles. The highest BCUT2D eigenvalue weighted by atomic mass is 16.6. The predicted octanol–water partition coefficient (Wildman–Crippen LogP) is -1.64. The zero-order valence-electron chi connectivity index (χ0n) is 10.3. The Morgan fingerprint density at radius 3 is 3.00 bits per heavy atom. The number of urea groups is 1. The second-order valence-corrected chi connectivity index (χ2v) is 4.27. The second kappa shape index (κ2) is 5.12. The molecule has 2 atom stereocenters. The number of carbonyl (C=O) groups is 3. The molecule has 2 unspecified atom stereocenters. The first kappa shape index (κ1) is 13.1. The molecule has 3 amide bonds. The molecular formula is C10H14N4O5. The number of hydrogen-bond acceptors (Lipinski definition) is 5. The van der Waals surface area contributed by atoms with Crippen LogP contribution in [0.3, 0.4) is 0 Å². The van der Waals surface area contributed by atoms with Crippen LogP contribution in [0.5, 0.6) is 0 Å². The van der Waals surface area contributed by atoms with Crippen molar-refractivity contribution in [2.45, 2.75) is 18.5 Å². The average Bonchev–Trinajstić information content (AvgIpc) is 2.64. The fourth-order valence-electron chi connectivity index (χ4n) is 2.11. The minimum absolute atomic E-state index is 0.162. The number of carbonyl (C=O) groups excluding carboxylic acids is 2. The van der Waals surface area contributed by atoms with Crippen LogP contribution in [-0.4, -0.2) is 65.9 Å². The lowest BCUT2D eigenvalue weighted by Gasteiger charge is -2.28. The van der Waals surface area contributed by atoms with Gasteiger partial charge in [-0.3, -0.25) is 4.79 Å². The lowest BCUT2D eigenvalue weighted by Crippen LogP contribution is -2.51. The van der Waals surface area contributed by atoms with Gasteiger partial charge in [0.1, 0.15) is 0 Å². The molecule has 0 saturated carbocycles. The summed E-state index contributed by atoms with van der Waals surface area (Å²) in [6.45, 7) is 0.0443. The summed E-state index contributed by atoms with van der Waals surface area (Å²) < 4.78 is 0. The van der Waals surface area contributed by atoms with E-state index in [1.54, 1.807) is 0 Å². The van der Waals surface area contributed by atoms with Gasteiger partial charge in [0, 0.05) is 20.0 Å². The summed E-state index contributed by atoms with van der Waals surface area (Å²) in [5, 5.41) is 17.9. The van der Waals surface area contributed by atoms with Crippen molar-refractivity contribution in [3.05, 3.63) is 0 Å². The van der Waals surface area contributed by atoms with Crippen LogP contribution in [-0.2, 0) is 14.4 Å². The van der Waals surface area contributed by atoms with Gasteiger partial charge in [-0.1, -0.05) is 5.16 Å². The normalized spacial score (nSPS) is 27.1. The van der Waals surface area contributed by atoms with E-state index in [9.17, 15) is 14.4 Å². The number of carboxylic acid groups (broad SMARTS) is 1. The first-order chi connectivity index (χ1) is 9.02. The lowest BCUT2D eigenvalue weighted by atomic mass is 9.99. The molecule has 3 N–H and O–H groups in total. The van der Waals surface area contributed by atoms with Crippen LogP contribution in [0.15, 0.2) is 5.16 Å². The van der Waals surface area contributed by atoms with Crippen LogP contribution in [0, 0.1) is 0 Å². The summed E-state index contributed by atoms with van der Waals surface area (Å²) in [7, 11) is 1.45. The molecule has 2 aliphatic rings. The highest BCUT2D eigenvalue weighted by Crippen LogP contribution is 2.21. The molecule has 0 aliphatic carbocycles. The van der Waals surface area contributed by atoms with Crippen molar-refractivity contribution in [2.75, 3.05) is 20.2 Å². The molecule has 9 heteroatoms. The zero-order valence-corrected chi connectivity index (χ0v) is 10.3. The smallest absolute Gasteiger partial charge is 0.332 e. The molecule has 104 valence electrons. The number of amides is 3. The van der Waals surface area contributed by atoms with E-state index in [4.69, 9.17) is 9.94 Å². The maximum absolute atomic E-state index is 11.5. The van der Waals surface area contributed by atoms with Crippen LogP contribution >= 0.6 is 0 Å². The Balaban J connectivity index is 2.10. The van der Waals surface area contributed by atoms with Crippen molar-refractivity contribution in [1.82, 2.24) is 15.5 Å². The number of nitrogens with one attached hydrogen (secondary N) is 2. The van der Waals surface area contributed by atoms with Gasteiger partial charge in [-0.15, -0.1) is 0 Å². The standard InChI is InChI=1S/C10H14N4O5/c1-11-7(15)4-19-13-6-2-5-3-14(10(18)12-5)8(6)9(16)17/h5,8H,2-4H2,1H3,(H,11,15)(H,12,18)(H,16,17). The van der Waals surface area contributed by atoms with Crippen LogP contribution in [0.4, 0.5) is 4.79 Å². The molecule has 2 fully saturated rings. The number of rotatable bonds is 4.